The summed E-state index contributed by atoms with van der Waals surface area (Å²) in [6.07, 6.45) is 0.395. The summed E-state index contributed by atoms with van der Waals surface area (Å²) in [5, 5.41) is 8.41. The molecule has 5 N–H and O–H groups in total. The molecule has 1 atom stereocenters. The fourth-order valence-electron chi connectivity index (χ4n) is 3.14. The Bertz CT molecular complexity index is 1230. The number of ether oxygens (including phenoxy) is 1. The Balaban J connectivity index is 0.000000429. The third kappa shape index (κ3) is 7.59. The topological polar surface area (TPSA) is 116 Å². The van der Waals surface area contributed by atoms with Crippen LogP contribution in [-0.4, -0.2) is 24.5 Å². The lowest BCUT2D eigenvalue weighted by Gasteiger charge is -2.13. The van der Waals surface area contributed by atoms with Crippen LogP contribution in [0.4, 0.5) is 0 Å². The molecule has 2 aromatic heterocycles. The summed E-state index contributed by atoms with van der Waals surface area (Å²) in [6.45, 7) is 2.23. The molecular formula is C26H27N5O2S2. The molecule has 2 aromatic carbocycles. The number of hydrogen-bond donors (Lipinski definition) is 3. The van der Waals surface area contributed by atoms with Crippen LogP contribution in [0.1, 0.15) is 17.7 Å². The Morgan fingerprint density at radius 3 is 2.40 bits per heavy atom. The maximum Gasteiger partial charge on any atom is 0.217 e. The number of amides is 1. The number of aromatic nitrogens is 1. The molecule has 0 radical (unpaired) electrons. The Kier molecular flexibility index (Phi) is 9.70. The first-order chi connectivity index (χ1) is 17.0. The van der Waals surface area contributed by atoms with Crippen LogP contribution in [-0.2, 0) is 4.79 Å². The molecule has 0 saturated heterocycles. The predicted molar refractivity (Wildman–Crippen MR) is 145 cm³/mol. The monoisotopic (exact) mass is 505 g/mol. The van der Waals surface area contributed by atoms with Crippen LogP contribution in [0.2, 0.25) is 0 Å². The quantitative estimate of drug-likeness (QED) is 0.0788. The van der Waals surface area contributed by atoms with E-state index < -0.39 is 0 Å². The number of nitrogens with two attached hydrogens (primary N) is 2. The number of thioether (sulfide) groups is 1. The van der Waals surface area contributed by atoms with Gasteiger partial charge in [-0.15, -0.1) is 16.4 Å². The minimum Gasteiger partial charge on any atom is -0.497 e. The van der Waals surface area contributed by atoms with E-state index in [0.717, 1.165) is 22.0 Å². The van der Waals surface area contributed by atoms with Gasteiger partial charge in [-0.2, -0.15) is 0 Å². The lowest BCUT2D eigenvalue weighted by atomic mass is 10.1. The van der Waals surface area contributed by atoms with Crippen LogP contribution >= 0.6 is 23.1 Å². The number of rotatable bonds is 7. The highest BCUT2D eigenvalue weighted by molar-refractivity contribution is 7.99. The van der Waals surface area contributed by atoms with Crippen LogP contribution in [0, 0.1) is 0 Å². The van der Waals surface area contributed by atoms with Gasteiger partial charge in [-0.1, -0.05) is 60.3 Å². The molecule has 0 aliphatic heterocycles. The largest absolute Gasteiger partial charge is 0.497 e. The number of thiophene rings is 1. The molecule has 0 bridgehead atoms. The fraction of sp³-hybridized carbons (Fsp3) is 0.115. The van der Waals surface area contributed by atoms with E-state index in [1.165, 1.54) is 16.0 Å². The van der Waals surface area contributed by atoms with Gasteiger partial charge in [0.25, 0.3) is 0 Å². The first-order valence-corrected chi connectivity index (χ1v) is 12.5. The van der Waals surface area contributed by atoms with E-state index in [2.05, 4.69) is 90.0 Å². The molecule has 0 spiro atoms. The molecule has 0 saturated carbocycles. The second kappa shape index (κ2) is 13.2. The maximum atomic E-state index is 9.45. The van der Waals surface area contributed by atoms with Gasteiger partial charge in [0.2, 0.25) is 12.4 Å². The Labute approximate surface area is 213 Å². The van der Waals surface area contributed by atoms with Crippen LogP contribution in [0.3, 0.4) is 0 Å². The lowest BCUT2D eigenvalue weighted by molar-refractivity contribution is -0.108. The summed E-state index contributed by atoms with van der Waals surface area (Å²) in [6, 6.07) is 27.3. The average molecular weight is 506 g/mol. The number of guanidine groups is 1. The van der Waals surface area contributed by atoms with E-state index in [0.29, 0.717) is 11.7 Å². The molecule has 4 rings (SSSR count). The van der Waals surface area contributed by atoms with Gasteiger partial charge in [-0.3, -0.25) is 10.1 Å². The molecule has 35 heavy (non-hydrogen) atoms. The number of nitrogens with zero attached hydrogens (tertiary/aromatic N) is 2. The fourth-order valence-corrected chi connectivity index (χ4v) is 4.82. The van der Waals surface area contributed by atoms with Gasteiger partial charge in [-0.05, 0) is 59.3 Å². The third-order valence-corrected chi connectivity index (χ3v) is 6.88. The third-order valence-electron chi connectivity index (χ3n) is 4.91. The molecule has 2 heterocycles. The molecule has 0 aliphatic rings. The number of hydrogen-bond acceptors (Lipinski definition) is 7. The van der Waals surface area contributed by atoms with Crippen molar-refractivity contribution in [2.45, 2.75) is 17.2 Å². The van der Waals surface area contributed by atoms with Crippen LogP contribution in [0.25, 0.3) is 21.7 Å². The number of pyridine rings is 1. The molecular weight excluding hydrogens is 478 g/mol. The van der Waals surface area contributed by atoms with Gasteiger partial charge in [0.05, 0.1) is 22.7 Å². The van der Waals surface area contributed by atoms with Crippen LogP contribution < -0.4 is 21.6 Å². The summed E-state index contributed by atoms with van der Waals surface area (Å²) in [5.41, 5.74) is 9.53. The lowest BCUT2D eigenvalue weighted by Crippen LogP contribution is -2.31. The van der Waals surface area contributed by atoms with Crippen molar-refractivity contribution in [2.75, 3.05) is 7.11 Å². The summed E-state index contributed by atoms with van der Waals surface area (Å²) in [7, 11) is 1.69. The predicted octanol–water partition coefficient (Wildman–Crippen LogP) is 5.26. The molecule has 180 valence electrons. The van der Waals surface area contributed by atoms with Gasteiger partial charge in [0, 0.05) is 5.25 Å². The van der Waals surface area contributed by atoms with Crippen molar-refractivity contribution in [2.24, 2.45) is 16.7 Å². The van der Waals surface area contributed by atoms with Crippen molar-refractivity contribution in [3.05, 3.63) is 89.8 Å². The van der Waals surface area contributed by atoms with Crippen molar-refractivity contribution in [3.63, 3.8) is 0 Å². The number of hydrazone groups is 1. The van der Waals surface area contributed by atoms with Crippen molar-refractivity contribution < 1.29 is 9.53 Å². The molecule has 1 unspecified atom stereocenters. The SMILES string of the molecule is COc1ccc(-c2cc(SC(C)c3ccccc3)nc(-c3cccs3)c2)cc1.N/N=C(\N)NC=O. The van der Waals surface area contributed by atoms with Gasteiger partial charge in [0.1, 0.15) is 5.75 Å². The highest BCUT2D eigenvalue weighted by atomic mass is 32.2. The van der Waals surface area contributed by atoms with Gasteiger partial charge < -0.3 is 16.3 Å². The first-order valence-electron chi connectivity index (χ1n) is 10.7. The zero-order valence-corrected chi connectivity index (χ0v) is 21.1. The molecule has 0 fully saturated rings. The smallest absolute Gasteiger partial charge is 0.217 e. The summed E-state index contributed by atoms with van der Waals surface area (Å²) in [5.74, 6) is 5.38. The Hall–Kier alpha value is -3.82. The van der Waals surface area contributed by atoms with E-state index in [1.807, 2.05) is 17.4 Å². The maximum absolute atomic E-state index is 9.45. The number of carbonyl (C=O) groups excluding carboxylic acids is 1. The highest BCUT2D eigenvalue weighted by Crippen LogP contribution is 2.38. The van der Waals surface area contributed by atoms with Crippen molar-refractivity contribution >= 4 is 35.5 Å². The van der Waals surface area contributed by atoms with E-state index >= 15 is 0 Å². The van der Waals surface area contributed by atoms with E-state index in [1.54, 1.807) is 30.2 Å². The Morgan fingerprint density at radius 2 is 1.83 bits per heavy atom. The Morgan fingerprint density at radius 1 is 1.09 bits per heavy atom. The minimum absolute atomic E-state index is 0.0880. The second-order valence-corrected chi connectivity index (χ2v) is 9.54. The zero-order chi connectivity index (χ0) is 25.0. The van der Waals surface area contributed by atoms with Crippen molar-refractivity contribution in [3.8, 4) is 27.4 Å². The molecule has 7 nitrogen and oxygen atoms in total. The van der Waals surface area contributed by atoms with Gasteiger partial charge in [-0.25, -0.2) is 4.98 Å². The number of carbonyl (C=O) groups is 1. The number of methoxy groups -OCH3 is 1. The summed E-state index contributed by atoms with van der Waals surface area (Å²) < 4.78 is 5.30. The molecule has 9 heteroatoms. The van der Waals surface area contributed by atoms with E-state index in [-0.39, 0.29) is 5.96 Å². The van der Waals surface area contributed by atoms with Crippen molar-refractivity contribution in [1.29, 1.82) is 0 Å². The molecule has 0 aliphatic carbocycles. The van der Waals surface area contributed by atoms with Gasteiger partial charge in [0.15, 0.2) is 0 Å². The number of benzene rings is 2. The van der Waals surface area contributed by atoms with E-state index in [9.17, 15) is 4.79 Å². The number of nitrogens with one attached hydrogen (secondary N) is 1. The zero-order valence-electron chi connectivity index (χ0n) is 19.4. The van der Waals surface area contributed by atoms with Crippen molar-refractivity contribution in [1.82, 2.24) is 10.3 Å². The molecule has 1 amide bonds. The second-order valence-electron chi connectivity index (χ2n) is 7.23. The normalized spacial score (nSPS) is 11.7. The minimum atomic E-state index is -0.0880. The van der Waals surface area contributed by atoms with Gasteiger partial charge >= 0.3 is 0 Å². The highest BCUT2D eigenvalue weighted by Gasteiger charge is 2.12. The summed E-state index contributed by atoms with van der Waals surface area (Å²) >= 11 is 3.51. The van der Waals surface area contributed by atoms with E-state index in [4.69, 9.17) is 15.5 Å². The van der Waals surface area contributed by atoms with Crippen LogP contribution in [0.15, 0.2) is 94.4 Å². The molecule has 4 aromatic rings. The van der Waals surface area contributed by atoms with Crippen LogP contribution in [0.5, 0.6) is 5.75 Å². The average Bonchev–Trinajstić information content (AvgIpc) is 3.45. The standard InChI is InChI=1S/C24H21NOS2.C2H6N4O/c1-17(18-7-4-3-5-8-18)28-24-16-20(19-10-12-21(26-2)13-11-19)15-22(25-24)23-9-6-14-27-23;3-2(6-4)5-1-7/h3-17H,1-2H3;1H,4H2,(H3,3,5,6,7). The summed E-state index contributed by atoms with van der Waals surface area (Å²) in [4.78, 5) is 15.6. The first kappa shape index (κ1) is 25.8.